The summed E-state index contributed by atoms with van der Waals surface area (Å²) in [6.07, 6.45) is 2.36. The lowest BCUT2D eigenvalue weighted by Crippen LogP contribution is -2.25. The van der Waals surface area contributed by atoms with Gasteiger partial charge in [-0.05, 0) is 36.8 Å². The third-order valence-corrected chi connectivity index (χ3v) is 4.90. The van der Waals surface area contributed by atoms with E-state index in [1.165, 1.54) is 6.42 Å². The first-order chi connectivity index (χ1) is 9.87. The Balaban J connectivity index is 1.90. The Labute approximate surface area is 130 Å². The van der Waals surface area contributed by atoms with Crippen molar-refractivity contribution < 1.29 is 9.90 Å². The van der Waals surface area contributed by atoms with Crippen molar-refractivity contribution in [2.45, 2.75) is 39.2 Å². The fourth-order valence-corrected chi connectivity index (χ4v) is 3.45. The number of aliphatic hydroxyl groups is 1. The molecule has 3 rings (SSSR count). The summed E-state index contributed by atoms with van der Waals surface area (Å²) in [6, 6.07) is 3.61. The molecule has 114 valence electrons. The maximum Gasteiger partial charge on any atom is 0.257 e. The number of hydrogen-bond donors (Lipinski definition) is 2. The minimum Gasteiger partial charge on any atom is -0.378 e. The van der Waals surface area contributed by atoms with Crippen molar-refractivity contribution in [1.82, 2.24) is 0 Å². The van der Waals surface area contributed by atoms with Gasteiger partial charge in [0.2, 0.25) is 0 Å². The monoisotopic (exact) mass is 308 g/mol. The number of anilines is 2. The molecule has 1 fully saturated rings. The fraction of sp³-hybridized carbons (Fsp3) is 0.562. The highest BCUT2D eigenvalue weighted by Crippen LogP contribution is 2.40. The van der Waals surface area contributed by atoms with Gasteiger partial charge in [0.25, 0.3) is 5.91 Å². The first-order valence-electron chi connectivity index (χ1n) is 7.45. The van der Waals surface area contributed by atoms with Crippen LogP contribution < -0.4 is 10.2 Å². The van der Waals surface area contributed by atoms with Crippen molar-refractivity contribution in [3.8, 4) is 0 Å². The molecule has 2 aliphatic rings. The molecule has 1 atom stereocenters. The highest BCUT2D eigenvalue weighted by Gasteiger charge is 2.31. The van der Waals surface area contributed by atoms with Crippen molar-refractivity contribution in [3.63, 3.8) is 0 Å². The summed E-state index contributed by atoms with van der Waals surface area (Å²) in [6.45, 7) is 6.54. The zero-order chi connectivity index (χ0) is 15.2. The number of nitrogens with zero attached hydrogens (tertiary/aromatic N) is 1. The summed E-state index contributed by atoms with van der Waals surface area (Å²) in [5.41, 5.74) is 2.56. The van der Waals surface area contributed by atoms with Crippen LogP contribution in [-0.4, -0.2) is 24.1 Å². The highest BCUT2D eigenvalue weighted by molar-refractivity contribution is 6.33. The number of carbonyl (C=O) groups excluding carboxylic acids is 1. The van der Waals surface area contributed by atoms with Gasteiger partial charge in [0.1, 0.15) is 0 Å². The van der Waals surface area contributed by atoms with Crippen LogP contribution in [0.1, 0.15) is 44.8 Å². The predicted molar refractivity (Wildman–Crippen MR) is 84.9 cm³/mol. The zero-order valence-corrected chi connectivity index (χ0v) is 13.2. The number of rotatable bonds is 1. The molecule has 0 aromatic heterocycles. The second-order valence-corrected chi connectivity index (χ2v) is 7.19. The van der Waals surface area contributed by atoms with Gasteiger partial charge in [0.05, 0.1) is 10.7 Å². The first kappa shape index (κ1) is 14.7. The first-order valence-corrected chi connectivity index (χ1v) is 7.82. The molecule has 1 aromatic rings. The van der Waals surface area contributed by atoms with E-state index in [-0.39, 0.29) is 5.91 Å². The van der Waals surface area contributed by atoms with E-state index in [4.69, 9.17) is 11.6 Å². The normalized spacial score (nSPS) is 24.5. The lowest BCUT2D eigenvalue weighted by atomic mass is 9.85. The van der Waals surface area contributed by atoms with Crippen LogP contribution in [0.2, 0.25) is 5.02 Å². The van der Waals surface area contributed by atoms with Gasteiger partial charge < -0.3 is 15.3 Å². The molecule has 0 saturated carbocycles. The number of halogens is 1. The van der Waals surface area contributed by atoms with E-state index in [1.807, 2.05) is 6.07 Å². The number of hydrogen-bond acceptors (Lipinski definition) is 3. The van der Waals surface area contributed by atoms with Crippen LogP contribution in [0.3, 0.4) is 0 Å². The summed E-state index contributed by atoms with van der Waals surface area (Å²) in [7, 11) is 0. The molecule has 0 radical (unpaired) electrons. The van der Waals surface area contributed by atoms with E-state index < -0.39 is 6.10 Å². The minimum absolute atomic E-state index is 0.363. The Hall–Kier alpha value is -1.26. The van der Waals surface area contributed by atoms with Crippen LogP contribution >= 0.6 is 11.6 Å². The summed E-state index contributed by atoms with van der Waals surface area (Å²) in [5.74, 6) is -0.379. The third kappa shape index (κ3) is 2.74. The fourth-order valence-electron chi connectivity index (χ4n) is 3.16. The minimum atomic E-state index is -1.10. The molecular weight excluding hydrogens is 288 g/mol. The maximum absolute atomic E-state index is 11.6. The van der Waals surface area contributed by atoms with E-state index in [0.29, 0.717) is 21.7 Å². The number of aliphatic hydroxyl groups excluding tert-OH is 1. The molecule has 4 nitrogen and oxygen atoms in total. The van der Waals surface area contributed by atoms with Gasteiger partial charge in [0.15, 0.2) is 6.10 Å². The van der Waals surface area contributed by atoms with Gasteiger partial charge in [-0.25, -0.2) is 0 Å². The average molecular weight is 309 g/mol. The second-order valence-electron chi connectivity index (χ2n) is 6.79. The number of amides is 1. The van der Waals surface area contributed by atoms with Crippen LogP contribution in [0, 0.1) is 5.41 Å². The van der Waals surface area contributed by atoms with Crippen molar-refractivity contribution in [2.24, 2.45) is 5.41 Å². The van der Waals surface area contributed by atoms with Crippen molar-refractivity contribution in [3.05, 3.63) is 22.7 Å². The summed E-state index contributed by atoms with van der Waals surface area (Å²) < 4.78 is 0. The smallest absolute Gasteiger partial charge is 0.257 e. The van der Waals surface area contributed by atoms with Gasteiger partial charge >= 0.3 is 0 Å². The van der Waals surface area contributed by atoms with Crippen LogP contribution in [0.5, 0.6) is 0 Å². The standard InChI is InChI=1S/C16H21ClN2O2/c1-16(2)4-3-6-19(7-5-16)13-9-12-10(8-11(13)17)14(20)15(21)18-12/h8-9,14,20H,3-7H2,1-2H3,(H,18,21). The van der Waals surface area contributed by atoms with E-state index >= 15 is 0 Å². The molecule has 2 aliphatic heterocycles. The van der Waals surface area contributed by atoms with Crippen LogP contribution in [0.25, 0.3) is 0 Å². The summed E-state index contributed by atoms with van der Waals surface area (Å²) >= 11 is 6.39. The summed E-state index contributed by atoms with van der Waals surface area (Å²) in [4.78, 5) is 13.8. The quantitative estimate of drug-likeness (QED) is 0.836. The molecule has 1 unspecified atom stereocenters. The number of carbonyl (C=O) groups is 1. The zero-order valence-electron chi connectivity index (χ0n) is 12.4. The van der Waals surface area contributed by atoms with Gasteiger partial charge in [-0.15, -0.1) is 0 Å². The van der Waals surface area contributed by atoms with E-state index in [9.17, 15) is 9.90 Å². The van der Waals surface area contributed by atoms with Crippen molar-refractivity contribution >= 4 is 28.9 Å². The Morgan fingerprint density at radius 3 is 2.86 bits per heavy atom. The Morgan fingerprint density at radius 2 is 2.10 bits per heavy atom. The van der Waals surface area contributed by atoms with Gasteiger partial charge in [0, 0.05) is 24.3 Å². The average Bonchev–Trinajstić information content (AvgIpc) is 2.59. The molecule has 1 amide bonds. The van der Waals surface area contributed by atoms with Crippen LogP contribution in [0.15, 0.2) is 12.1 Å². The van der Waals surface area contributed by atoms with Gasteiger partial charge in [-0.2, -0.15) is 0 Å². The molecule has 1 aromatic carbocycles. The lowest BCUT2D eigenvalue weighted by molar-refractivity contribution is -0.123. The molecule has 0 spiro atoms. The molecular formula is C16H21ClN2O2. The van der Waals surface area contributed by atoms with Crippen LogP contribution in [0.4, 0.5) is 11.4 Å². The number of nitrogens with one attached hydrogen (secondary N) is 1. The van der Waals surface area contributed by atoms with Crippen molar-refractivity contribution in [1.29, 1.82) is 0 Å². The van der Waals surface area contributed by atoms with E-state index in [0.717, 1.165) is 31.6 Å². The topological polar surface area (TPSA) is 52.6 Å². The molecule has 21 heavy (non-hydrogen) atoms. The van der Waals surface area contributed by atoms with Crippen LogP contribution in [-0.2, 0) is 4.79 Å². The van der Waals surface area contributed by atoms with Crippen molar-refractivity contribution in [2.75, 3.05) is 23.3 Å². The molecule has 2 N–H and O–H groups in total. The highest BCUT2D eigenvalue weighted by atomic mass is 35.5. The molecule has 0 bridgehead atoms. The van der Waals surface area contributed by atoms with Gasteiger partial charge in [-0.1, -0.05) is 25.4 Å². The molecule has 2 heterocycles. The largest absolute Gasteiger partial charge is 0.378 e. The number of fused-ring (bicyclic) bond motifs is 1. The predicted octanol–water partition coefficient (Wildman–Crippen LogP) is 3.34. The second kappa shape index (κ2) is 5.18. The summed E-state index contributed by atoms with van der Waals surface area (Å²) in [5, 5.41) is 13.1. The van der Waals surface area contributed by atoms with E-state index in [1.54, 1.807) is 6.07 Å². The van der Waals surface area contributed by atoms with Gasteiger partial charge in [-0.3, -0.25) is 4.79 Å². The Kier molecular flexibility index (Phi) is 3.62. The Morgan fingerprint density at radius 1 is 1.33 bits per heavy atom. The third-order valence-electron chi connectivity index (χ3n) is 4.60. The van der Waals surface area contributed by atoms with E-state index in [2.05, 4.69) is 24.1 Å². The number of benzene rings is 1. The lowest BCUT2D eigenvalue weighted by Gasteiger charge is -2.26. The molecule has 1 saturated heterocycles. The molecule has 0 aliphatic carbocycles. The maximum atomic E-state index is 11.6. The SMILES string of the molecule is CC1(C)CCCN(c2cc3c(cc2Cl)C(O)C(=O)N3)CC1. The molecule has 5 heteroatoms. The Bertz CT molecular complexity index is 586.